The molecule has 0 atom stereocenters. The second-order valence-corrected chi connectivity index (χ2v) is 10.8. The Morgan fingerprint density at radius 2 is 1.64 bits per heavy atom. The molecule has 1 aliphatic rings. The van der Waals surface area contributed by atoms with Gasteiger partial charge in [-0.15, -0.1) is 0 Å². The Labute approximate surface area is 253 Å². The molecule has 1 aliphatic heterocycles. The van der Waals surface area contributed by atoms with Gasteiger partial charge in [0.05, 0.1) is 31.0 Å². The molecule has 1 amide bonds. The van der Waals surface area contributed by atoms with E-state index in [1.54, 1.807) is 19.2 Å². The maximum absolute atomic E-state index is 14.6. The van der Waals surface area contributed by atoms with Crippen LogP contribution >= 0.6 is 0 Å². The Bertz CT molecular complexity index is 1520. The number of halogens is 1. The third kappa shape index (κ3) is 8.48. The van der Waals surface area contributed by atoms with E-state index in [4.69, 9.17) is 30.1 Å². The number of aliphatic carboxylic acids is 3. The number of hydrogen-bond donors (Lipinski definition) is 5. The lowest BCUT2D eigenvalue weighted by molar-refractivity contribution is -0.170. The lowest BCUT2D eigenvalue weighted by Crippen LogP contribution is -2.52. The number of carboxylic acid groups (broad SMARTS) is 3. The highest BCUT2D eigenvalue weighted by molar-refractivity contribution is 5.88. The summed E-state index contributed by atoms with van der Waals surface area (Å²) in [6, 6.07) is 15.1. The lowest BCUT2D eigenvalue weighted by Gasteiger charge is -2.42. The molecule has 13 heteroatoms. The van der Waals surface area contributed by atoms with Gasteiger partial charge in [-0.3, -0.25) is 19.3 Å². The van der Waals surface area contributed by atoms with Gasteiger partial charge in [-0.2, -0.15) is 0 Å². The summed E-state index contributed by atoms with van der Waals surface area (Å²) in [5.41, 5.74) is 0.243. The number of benzene rings is 2. The maximum Gasteiger partial charge on any atom is 0.336 e. The fourth-order valence-corrected chi connectivity index (χ4v) is 5.29. The van der Waals surface area contributed by atoms with Crippen LogP contribution in [0.1, 0.15) is 49.3 Å². The van der Waals surface area contributed by atoms with Gasteiger partial charge in [-0.25, -0.2) is 14.2 Å². The van der Waals surface area contributed by atoms with E-state index in [9.17, 15) is 23.6 Å². The van der Waals surface area contributed by atoms with Gasteiger partial charge >= 0.3 is 17.9 Å². The number of piperidine rings is 1. The first-order valence-corrected chi connectivity index (χ1v) is 13.8. The number of aryl methyl sites for hydroxylation is 1. The molecule has 2 heterocycles. The van der Waals surface area contributed by atoms with Crippen LogP contribution in [0, 0.1) is 12.7 Å². The molecule has 0 radical (unpaired) electrons. The minimum Gasteiger partial charge on any atom is -0.481 e. The monoisotopic (exact) mass is 613 g/mol. The molecule has 0 aliphatic carbocycles. The number of likely N-dealkylation sites (tertiary alicyclic amines) is 1. The molecule has 1 aromatic heterocycles. The minimum absolute atomic E-state index is 0.146. The number of carboxylic acids is 3. The van der Waals surface area contributed by atoms with Gasteiger partial charge in [0.15, 0.2) is 5.60 Å². The first-order chi connectivity index (χ1) is 20.7. The number of aliphatic hydroxyl groups is 1. The van der Waals surface area contributed by atoms with Crippen molar-refractivity contribution in [3.05, 3.63) is 71.0 Å². The van der Waals surface area contributed by atoms with Gasteiger partial charge in [0.2, 0.25) is 11.8 Å². The van der Waals surface area contributed by atoms with E-state index >= 15 is 0 Å². The Hall–Kier alpha value is -4.62. The second kappa shape index (κ2) is 14.2. The number of fused-ring (bicyclic) bond motifs is 1. The normalized spacial score (nSPS) is 14.7. The smallest absolute Gasteiger partial charge is 0.336 e. The Kier molecular flexibility index (Phi) is 11.0. The van der Waals surface area contributed by atoms with Crippen molar-refractivity contribution in [2.75, 3.05) is 20.2 Å². The molecule has 5 N–H and O–H groups in total. The Morgan fingerprint density at radius 1 is 1.02 bits per heavy atom. The van der Waals surface area contributed by atoms with Gasteiger partial charge in [-0.1, -0.05) is 30.3 Å². The number of nitrogens with zero attached hydrogens (tertiary/aromatic N) is 2. The summed E-state index contributed by atoms with van der Waals surface area (Å²) < 4.78 is 20.2. The summed E-state index contributed by atoms with van der Waals surface area (Å²) in [5.74, 6) is -4.81. The number of nitrogens with one attached hydrogen (secondary N) is 1. The summed E-state index contributed by atoms with van der Waals surface area (Å²) in [6.07, 6.45) is -1.02. The molecule has 12 nitrogen and oxygen atoms in total. The number of rotatable bonds is 10. The molecule has 0 bridgehead atoms. The standard InChI is InChI=1S/C25H28FN3O2.C6H8O7/c1-17-8-9-19-15-20(24(31-3)27-23(19)14-17)16-29-12-10-25(11-13-29,28-18(2)30)21-6-4-5-7-22(21)26;7-3(8)1-6(13,5(11)12)2-4(9)10/h4-9,14-15H,10-13,16H2,1-3H3,(H,28,30);13H,1-2H2,(H,7,8)(H,9,10)(H,11,12). The molecule has 4 rings (SSSR count). The van der Waals surface area contributed by atoms with E-state index in [0.29, 0.717) is 30.8 Å². The van der Waals surface area contributed by atoms with Crippen molar-refractivity contribution in [2.45, 2.75) is 57.2 Å². The van der Waals surface area contributed by atoms with E-state index < -0.39 is 41.9 Å². The molecule has 3 aromatic rings. The highest BCUT2D eigenvalue weighted by Gasteiger charge is 2.41. The van der Waals surface area contributed by atoms with Crippen LogP contribution in [0.15, 0.2) is 48.5 Å². The zero-order chi connectivity index (χ0) is 32.7. The molecule has 0 saturated carbocycles. The van der Waals surface area contributed by atoms with Crippen molar-refractivity contribution in [3.8, 4) is 5.88 Å². The molecular weight excluding hydrogens is 577 g/mol. The number of carbonyl (C=O) groups excluding carboxylic acids is 1. The fraction of sp³-hybridized carbons (Fsp3) is 0.387. The molecule has 0 unspecified atom stereocenters. The van der Waals surface area contributed by atoms with E-state index in [-0.39, 0.29) is 11.7 Å². The van der Waals surface area contributed by atoms with Crippen LogP contribution in [0.3, 0.4) is 0 Å². The van der Waals surface area contributed by atoms with Gasteiger partial charge < -0.3 is 30.5 Å². The van der Waals surface area contributed by atoms with Gasteiger partial charge in [0, 0.05) is 43.1 Å². The summed E-state index contributed by atoms with van der Waals surface area (Å²) in [6.45, 7) is 5.68. The fourth-order valence-electron chi connectivity index (χ4n) is 5.29. The highest BCUT2D eigenvalue weighted by atomic mass is 19.1. The van der Waals surface area contributed by atoms with Gasteiger partial charge in [0.25, 0.3) is 0 Å². The van der Waals surface area contributed by atoms with Crippen LogP contribution in [-0.4, -0.2) is 79.9 Å². The summed E-state index contributed by atoms with van der Waals surface area (Å²) in [4.78, 5) is 49.4. The first-order valence-electron chi connectivity index (χ1n) is 13.8. The molecule has 1 saturated heterocycles. The highest BCUT2D eigenvalue weighted by Crippen LogP contribution is 2.36. The van der Waals surface area contributed by atoms with Crippen molar-refractivity contribution >= 4 is 34.7 Å². The van der Waals surface area contributed by atoms with Crippen molar-refractivity contribution in [1.82, 2.24) is 15.2 Å². The Morgan fingerprint density at radius 3 is 2.16 bits per heavy atom. The van der Waals surface area contributed by atoms with Crippen LogP contribution in [0.25, 0.3) is 10.9 Å². The van der Waals surface area contributed by atoms with Crippen LogP contribution in [0.5, 0.6) is 5.88 Å². The van der Waals surface area contributed by atoms with Crippen LogP contribution < -0.4 is 10.1 Å². The maximum atomic E-state index is 14.6. The topological polar surface area (TPSA) is 187 Å². The lowest BCUT2D eigenvalue weighted by atomic mass is 9.80. The quantitative estimate of drug-likeness (QED) is 0.226. The molecule has 44 heavy (non-hydrogen) atoms. The molecular formula is C31H36FN3O9. The summed E-state index contributed by atoms with van der Waals surface area (Å²) >= 11 is 0. The molecule has 1 fully saturated rings. The number of methoxy groups -OCH3 is 1. The number of pyridine rings is 1. The summed E-state index contributed by atoms with van der Waals surface area (Å²) in [7, 11) is 1.64. The third-order valence-corrected chi connectivity index (χ3v) is 7.40. The largest absolute Gasteiger partial charge is 0.481 e. The zero-order valence-corrected chi connectivity index (χ0v) is 24.7. The van der Waals surface area contributed by atoms with Crippen LogP contribution in [0.2, 0.25) is 0 Å². The van der Waals surface area contributed by atoms with Crippen molar-refractivity contribution < 1.29 is 48.7 Å². The SMILES string of the molecule is COc1nc2cc(C)ccc2cc1CN1CCC(NC(C)=O)(c2ccccc2F)CC1.O=C(O)CC(O)(CC(=O)O)C(=O)O. The number of ether oxygens (including phenoxy) is 1. The minimum atomic E-state index is -2.74. The predicted octanol–water partition coefficient (Wildman–Crippen LogP) is 3.07. The van der Waals surface area contributed by atoms with Crippen molar-refractivity contribution in [1.29, 1.82) is 0 Å². The average molecular weight is 614 g/mol. The summed E-state index contributed by atoms with van der Waals surface area (Å²) in [5, 5.41) is 37.9. The second-order valence-electron chi connectivity index (χ2n) is 10.8. The number of amides is 1. The van der Waals surface area contributed by atoms with E-state index in [1.165, 1.54) is 13.0 Å². The van der Waals surface area contributed by atoms with Crippen LogP contribution in [0.4, 0.5) is 4.39 Å². The van der Waals surface area contributed by atoms with Crippen LogP contribution in [-0.2, 0) is 31.3 Å². The third-order valence-electron chi connectivity index (χ3n) is 7.40. The Balaban J connectivity index is 0.000000345. The van der Waals surface area contributed by atoms with E-state index in [0.717, 1.165) is 35.1 Å². The number of carbonyl (C=O) groups is 4. The zero-order valence-electron chi connectivity index (χ0n) is 24.7. The molecule has 0 spiro atoms. The number of hydrogen-bond acceptors (Lipinski definition) is 8. The average Bonchev–Trinajstić information content (AvgIpc) is 2.93. The van der Waals surface area contributed by atoms with Gasteiger partial charge in [-0.05, 0) is 43.5 Å². The van der Waals surface area contributed by atoms with Gasteiger partial charge in [0.1, 0.15) is 5.82 Å². The van der Waals surface area contributed by atoms with Crippen molar-refractivity contribution in [2.24, 2.45) is 0 Å². The first kappa shape index (κ1) is 33.9. The molecule has 2 aromatic carbocycles. The van der Waals surface area contributed by atoms with E-state index in [1.807, 2.05) is 13.0 Å². The predicted molar refractivity (Wildman–Crippen MR) is 157 cm³/mol. The van der Waals surface area contributed by atoms with Crippen molar-refractivity contribution in [3.63, 3.8) is 0 Å². The number of aromatic nitrogens is 1. The molecule has 236 valence electrons. The van der Waals surface area contributed by atoms with E-state index in [2.05, 4.69) is 34.5 Å².